The first kappa shape index (κ1) is 6.39. The van der Waals surface area contributed by atoms with Gasteiger partial charge < -0.3 is 5.11 Å². The Kier molecular flexibility index (Phi) is 5.74. The summed E-state index contributed by atoms with van der Waals surface area (Å²) in [4.78, 5) is 0. The summed E-state index contributed by atoms with van der Waals surface area (Å²) < 4.78 is 0. The Morgan fingerprint density at radius 2 is 2.33 bits per heavy atom. The number of aliphatic hydroxyl groups is 1. The molecule has 0 saturated heterocycles. The maximum Gasteiger partial charge on any atom is 0.0434 e. The summed E-state index contributed by atoms with van der Waals surface area (Å²) in [5.74, 6) is 0. The van der Waals surface area contributed by atoms with E-state index in [-0.39, 0.29) is 0 Å². The third-order valence-electron chi connectivity index (χ3n) is 0.585. The fraction of sp³-hybridized carbons (Fsp3) is 1.00. The standard InChI is InChI=1S/C4H11OP/c1-6-4-2-3-5/h5-6H,2-4H2,1H3. The summed E-state index contributed by atoms with van der Waals surface area (Å²) in [7, 11) is 1.00. The monoisotopic (exact) mass is 106 g/mol. The molecule has 0 radical (unpaired) electrons. The molecule has 1 unspecified atom stereocenters. The second kappa shape index (κ2) is 5.39. The average Bonchev–Trinajstić information content (AvgIpc) is 1.61. The van der Waals surface area contributed by atoms with Crippen LogP contribution >= 0.6 is 8.58 Å². The van der Waals surface area contributed by atoms with Crippen molar-refractivity contribution in [2.24, 2.45) is 0 Å². The predicted octanol–water partition coefficient (Wildman–Crippen LogP) is 0.677. The maximum absolute atomic E-state index is 8.20. The number of hydrogen-bond acceptors (Lipinski definition) is 1. The Hall–Kier alpha value is 0.390. The molecule has 0 rings (SSSR count). The van der Waals surface area contributed by atoms with Gasteiger partial charge in [-0.05, 0) is 19.2 Å². The molecule has 0 aromatic carbocycles. The van der Waals surface area contributed by atoms with Crippen molar-refractivity contribution < 1.29 is 5.11 Å². The van der Waals surface area contributed by atoms with E-state index in [2.05, 4.69) is 6.66 Å². The van der Waals surface area contributed by atoms with Crippen LogP contribution in [0, 0.1) is 0 Å². The van der Waals surface area contributed by atoms with Gasteiger partial charge in [0.05, 0.1) is 0 Å². The Labute approximate surface area is 40.5 Å². The van der Waals surface area contributed by atoms with Crippen LogP contribution in [0.5, 0.6) is 0 Å². The Balaban J connectivity index is 2.34. The van der Waals surface area contributed by atoms with Crippen LogP contribution in [0.2, 0.25) is 0 Å². The lowest BCUT2D eigenvalue weighted by molar-refractivity contribution is 0.296. The minimum Gasteiger partial charge on any atom is -0.396 e. The van der Waals surface area contributed by atoms with E-state index in [9.17, 15) is 0 Å². The van der Waals surface area contributed by atoms with Crippen molar-refractivity contribution in [3.8, 4) is 0 Å². The first-order valence-electron chi connectivity index (χ1n) is 2.17. The molecule has 0 fully saturated rings. The summed E-state index contributed by atoms with van der Waals surface area (Å²) >= 11 is 0. The molecule has 38 valence electrons. The van der Waals surface area contributed by atoms with Crippen molar-refractivity contribution in [3.63, 3.8) is 0 Å². The molecule has 0 aliphatic carbocycles. The quantitative estimate of drug-likeness (QED) is 0.414. The van der Waals surface area contributed by atoms with E-state index in [1.807, 2.05) is 0 Å². The highest BCUT2D eigenvalue weighted by molar-refractivity contribution is 7.36. The van der Waals surface area contributed by atoms with Crippen LogP contribution in [0.15, 0.2) is 0 Å². The molecule has 1 N–H and O–H groups in total. The first-order valence-corrected chi connectivity index (χ1v) is 3.88. The van der Waals surface area contributed by atoms with Gasteiger partial charge in [0.1, 0.15) is 0 Å². The van der Waals surface area contributed by atoms with Crippen LogP contribution in [0.1, 0.15) is 6.42 Å². The first-order chi connectivity index (χ1) is 2.91. The predicted molar refractivity (Wildman–Crippen MR) is 30.8 cm³/mol. The fourth-order valence-corrected chi connectivity index (χ4v) is 0.768. The molecular formula is C4H11OP. The van der Waals surface area contributed by atoms with Crippen LogP contribution in [0.3, 0.4) is 0 Å². The van der Waals surface area contributed by atoms with Crippen LogP contribution in [-0.4, -0.2) is 24.5 Å². The van der Waals surface area contributed by atoms with Gasteiger partial charge in [-0.25, -0.2) is 0 Å². The van der Waals surface area contributed by atoms with Gasteiger partial charge in [-0.2, -0.15) is 0 Å². The lowest BCUT2D eigenvalue weighted by atomic mass is 10.5. The van der Waals surface area contributed by atoms with Crippen LogP contribution in [0.4, 0.5) is 0 Å². The lowest BCUT2D eigenvalue weighted by Crippen LogP contribution is -1.81. The number of hydrogen-bond donors (Lipinski definition) is 1. The molecule has 2 heteroatoms. The molecule has 0 bridgehead atoms. The zero-order valence-corrected chi connectivity index (χ0v) is 5.07. The van der Waals surface area contributed by atoms with Gasteiger partial charge in [0, 0.05) is 6.61 Å². The van der Waals surface area contributed by atoms with E-state index in [4.69, 9.17) is 5.11 Å². The fourth-order valence-electron chi connectivity index (χ4n) is 0.256. The summed E-state index contributed by atoms with van der Waals surface area (Å²) in [5, 5.41) is 8.20. The molecule has 1 atom stereocenters. The Morgan fingerprint density at radius 3 is 2.50 bits per heavy atom. The Bertz CT molecular complexity index is 19.5. The van der Waals surface area contributed by atoms with E-state index in [0.29, 0.717) is 6.61 Å². The van der Waals surface area contributed by atoms with Gasteiger partial charge in [0.25, 0.3) is 0 Å². The van der Waals surface area contributed by atoms with Crippen LogP contribution in [0.25, 0.3) is 0 Å². The smallest absolute Gasteiger partial charge is 0.0434 e. The molecule has 0 aromatic heterocycles. The minimum absolute atomic E-state index is 0.362. The highest BCUT2D eigenvalue weighted by Gasteiger charge is 1.75. The highest BCUT2D eigenvalue weighted by Crippen LogP contribution is 2.01. The Morgan fingerprint density at radius 1 is 1.67 bits per heavy atom. The molecular weight excluding hydrogens is 95.0 g/mol. The van der Waals surface area contributed by atoms with Crippen molar-refractivity contribution in [1.29, 1.82) is 0 Å². The molecule has 0 aromatic rings. The molecule has 0 amide bonds. The average molecular weight is 106 g/mol. The number of aliphatic hydroxyl groups excluding tert-OH is 1. The topological polar surface area (TPSA) is 20.2 Å². The SMILES string of the molecule is CPCCCO. The van der Waals surface area contributed by atoms with E-state index in [0.717, 1.165) is 15.0 Å². The van der Waals surface area contributed by atoms with Crippen LogP contribution in [-0.2, 0) is 0 Å². The summed E-state index contributed by atoms with van der Waals surface area (Å²) in [6.07, 6.45) is 2.17. The van der Waals surface area contributed by atoms with Crippen molar-refractivity contribution in [2.75, 3.05) is 19.4 Å². The third-order valence-corrected chi connectivity index (χ3v) is 1.44. The normalized spacial score (nSPS) is 11.0. The van der Waals surface area contributed by atoms with Crippen LogP contribution < -0.4 is 0 Å². The zero-order chi connectivity index (χ0) is 4.83. The minimum atomic E-state index is 0.362. The van der Waals surface area contributed by atoms with Gasteiger partial charge >= 0.3 is 0 Å². The molecule has 6 heavy (non-hydrogen) atoms. The third kappa shape index (κ3) is 4.39. The van der Waals surface area contributed by atoms with Gasteiger partial charge in [-0.1, -0.05) is 0 Å². The summed E-state index contributed by atoms with van der Waals surface area (Å²) in [5.41, 5.74) is 0. The van der Waals surface area contributed by atoms with E-state index in [1.165, 1.54) is 6.16 Å². The molecule has 0 spiro atoms. The molecule has 0 aliphatic heterocycles. The van der Waals surface area contributed by atoms with Gasteiger partial charge in [-0.15, -0.1) is 8.58 Å². The zero-order valence-electron chi connectivity index (χ0n) is 4.07. The van der Waals surface area contributed by atoms with Gasteiger partial charge in [0.2, 0.25) is 0 Å². The molecule has 0 saturated carbocycles. The van der Waals surface area contributed by atoms with Gasteiger partial charge in [0.15, 0.2) is 0 Å². The maximum atomic E-state index is 8.20. The van der Waals surface area contributed by atoms with E-state index in [1.54, 1.807) is 0 Å². The lowest BCUT2D eigenvalue weighted by Gasteiger charge is -1.86. The van der Waals surface area contributed by atoms with Crippen molar-refractivity contribution in [1.82, 2.24) is 0 Å². The van der Waals surface area contributed by atoms with E-state index >= 15 is 0 Å². The number of rotatable bonds is 3. The van der Waals surface area contributed by atoms with Crippen molar-refractivity contribution in [3.05, 3.63) is 0 Å². The highest BCUT2D eigenvalue weighted by atomic mass is 31.1. The molecule has 0 heterocycles. The second-order valence-electron chi connectivity index (χ2n) is 1.18. The molecule has 1 nitrogen and oxygen atoms in total. The van der Waals surface area contributed by atoms with Crippen molar-refractivity contribution in [2.45, 2.75) is 6.42 Å². The van der Waals surface area contributed by atoms with Crippen molar-refractivity contribution >= 4 is 8.58 Å². The largest absolute Gasteiger partial charge is 0.396 e. The van der Waals surface area contributed by atoms with E-state index < -0.39 is 0 Å². The summed E-state index contributed by atoms with van der Waals surface area (Å²) in [6.45, 7) is 2.51. The second-order valence-corrected chi connectivity index (χ2v) is 2.39. The summed E-state index contributed by atoms with van der Waals surface area (Å²) in [6, 6.07) is 0. The van der Waals surface area contributed by atoms with Gasteiger partial charge in [-0.3, -0.25) is 0 Å². The molecule has 0 aliphatic rings.